The smallest absolute Gasteiger partial charge is 0.305 e. The van der Waals surface area contributed by atoms with E-state index in [0.717, 1.165) is 37.3 Å². The van der Waals surface area contributed by atoms with Gasteiger partial charge in [-0.05, 0) is 60.3 Å². The molecule has 0 radical (unpaired) electrons. The molecule has 1 fully saturated rings. The molecule has 3 aromatic carbocycles. The minimum Gasteiger partial charge on any atom is -0.481 e. The number of Topliss-reactive ketones (excluding diaryl/α,β-unsaturated/α-hetero) is 1. The zero-order valence-corrected chi connectivity index (χ0v) is 42.4. The molecular weight excluding hydrogens is 991 g/mol. The lowest BCUT2D eigenvalue weighted by Gasteiger charge is -2.32. The second kappa shape index (κ2) is 28.7. The lowest BCUT2D eigenvalue weighted by atomic mass is 9.84. The predicted molar refractivity (Wildman–Crippen MR) is 274 cm³/mol. The van der Waals surface area contributed by atoms with Crippen molar-refractivity contribution in [3.8, 4) is 0 Å². The Morgan fingerprint density at radius 3 is 1.48 bits per heavy atom. The number of aliphatic carboxylic acids is 3. The van der Waals surface area contributed by atoms with Crippen LogP contribution in [0.2, 0.25) is 0 Å². The van der Waals surface area contributed by atoms with E-state index in [9.17, 15) is 63.3 Å². The van der Waals surface area contributed by atoms with Crippen molar-refractivity contribution in [2.75, 3.05) is 5.75 Å². The standard InChI is InChI=1S/C53H65N7O14S/c1-30(61)54-40(28-44(66)67)51(72)56-38(22-24-43(64)65)49(70)60-46(45(32-15-7-3-8-16-32)33-17-9-4-10-18-33)52(73)57-37(21-23-42(62)63)48(69)58-39(25-31-13-5-2-6-14-31)50(71)59-41(29-75)47(68)53(74)55-36-26-34-19-11-12-20-35(34)27-36/h3-4,7-12,15-20,31,36-41,45-46,75H,2,5-6,13-14,21-29H2,1H3,(H,54,61)(H,55,74)(H,56,72)(H,57,73)(H,58,69)(H,59,71)(H,60,70)(H,62,63)(H,64,65)(H,66,67)/t37-,38-,39-,40-,41-,46-/m0/s1. The lowest BCUT2D eigenvalue weighted by molar-refractivity contribution is -0.141. The molecule has 0 bridgehead atoms. The number of hydrogen-bond acceptors (Lipinski definition) is 12. The van der Waals surface area contributed by atoms with E-state index >= 15 is 4.79 Å². The van der Waals surface area contributed by atoms with Crippen LogP contribution in [-0.2, 0) is 65.6 Å². The van der Waals surface area contributed by atoms with Gasteiger partial charge in [-0.3, -0.25) is 52.7 Å². The summed E-state index contributed by atoms with van der Waals surface area (Å²) in [6.45, 7) is 1.03. The second-order valence-corrected chi connectivity index (χ2v) is 19.2. The van der Waals surface area contributed by atoms with E-state index in [1.54, 1.807) is 60.7 Å². The van der Waals surface area contributed by atoms with E-state index in [1.165, 1.54) is 0 Å². The summed E-state index contributed by atoms with van der Waals surface area (Å²) in [4.78, 5) is 146. The molecular formula is C53H65N7O14S. The Hall–Kier alpha value is -7.62. The van der Waals surface area contributed by atoms with Crippen molar-refractivity contribution in [1.29, 1.82) is 0 Å². The number of carbonyl (C=O) groups is 11. The van der Waals surface area contributed by atoms with E-state index in [2.05, 4.69) is 49.8 Å². The lowest BCUT2D eigenvalue weighted by Crippen LogP contribution is -2.61. The summed E-state index contributed by atoms with van der Waals surface area (Å²) in [6.07, 6.45) is 1.82. The van der Waals surface area contributed by atoms with Gasteiger partial charge in [0.15, 0.2) is 0 Å². The zero-order chi connectivity index (χ0) is 54.6. The molecule has 75 heavy (non-hydrogen) atoms. The third-order valence-corrected chi connectivity index (χ3v) is 13.6. The van der Waals surface area contributed by atoms with Crippen LogP contribution >= 0.6 is 12.6 Å². The number of thiol groups is 1. The molecule has 0 aliphatic heterocycles. The van der Waals surface area contributed by atoms with Gasteiger partial charge in [0.2, 0.25) is 41.2 Å². The Morgan fingerprint density at radius 2 is 0.987 bits per heavy atom. The summed E-state index contributed by atoms with van der Waals surface area (Å²) in [7, 11) is 0. The Labute approximate surface area is 438 Å². The summed E-state index contributed by atoms with van der Waals surface area (Å²) in [5.74, 6) is -13.4. The highest BCUT2D eigenvalue weighted by atomic mass is 32.1. The monoisotopic (exact) mass is 1060 g/mol. The molecule has 0 heterocycles. The van der Waals surface area contributed by atoms with Crippen LogP contribution in [0.25, 0.3) is 0 Å². The highest BCUT2D eigenvalue weighted by molar-refractivity contribution is 7.80. The highest BCUT2D eigenvalue weighted by Crippen LogP contribution is 2.30. The fourth-order valence-corrected chi connectivity index (χ4v) is 9.75. The summed E-state index contributed by atoms with van der Waals surface area (Å²) < 4.78 is 0. The molecule has 2 aliphatic carbocycles. The molecule has 0 saturated heterocycles. The first-order chi connectivity index (χ1) is 35.8. The van der Waals surface area contributed by atoms with Crippen LogP contribution in [0.15, 0.2) is 84.9 Å². The number of carbonyl (C=O) groups excluding carboxylic acids is 8. The number of hydrogen-bond donors (Lipinski definition) is 11. The normalized spacial score (nSPS) is 15.8. The van der Waals surface area contributed by atoms with Crippen molar-refractivity contribution in [2.24, 2.45) is 5.92 Å². The molecule has 21 nitrogen and oxygen atoms in total. The molecule has 7 amide bonds. The number of fused-ring (bicyclic) bond motifs is 1. The highest BCUT2D eigenvalue weighted by Gasteiger charge is 2.39. The molecule has 10 N–H and O–H groups in total. The minimum absolute atomic E-state index is 0.0661. The van der Waals surface area contributed by atoms with Gasteiger partial charge in [0, 0.05) is 37.5 Å². The summed E-state index contributed by atoms with van der Waals surface area (Å²) >= 11 is 4.27. The van der Waals surface area contributed by atoms with Gasteiger partial charge >= 0.3 is 17.9 Å². The van der Waals surface area contributed by atoms with E-state index < -0.39 is 139 Å². The quantitative estimate of drug-likeness (QED) is 0.0365. The number of carboxylic acid groups (broad SMARTS) is 3. The van der Waals surface area contributed by atoms with Gasteiger partial charge in [0.05, 0.1) is 6.42 Å². The van der Waals surface area contributed by atoms with E-state index in [-0.39, 0.29) is 24.1 Å². The van der Waals surface area contributed by atoms with Crippen molar-refractivity contribution in [3.05, 3.63) is 107 Å². The first kappa shape index (κ1) is 58.3. The average Bonchev–Trinajstić information content (AvgIpc) is 3.79. The first-order valence-electron chi connectivity index (χ1n) is 24.9. The number of nitrogens with one attached hydrogen (secondary N) is 7. The molecule has 2 aliphatic rings. The molecule has 0 spiro atoms. The van der Waals surface area contributed by atoms with Crippen molar-refractivity contribution in [3.63, 3.8) is 0 Å². The molecule has 0 unspecified atom stereocenters. The molecule has 6 atom stereocenters. The topological polar surface area (TPSA) is 333 Å². The Balaban J connectivity index is 1.45. The first-order valence-corrected chi connectivity index (χ1v) is 25.5. The van der Waals surface area contributed by atoms with Crippen LogP contribution in [0.4, 0.5) is 0 Å². The van der Waals surface area contributed by atoms with Crippen molar-refractivity contribution >= 4 is 77.7 Å². The maximum atomic E-state index is 15.0. The molecule has 1 saturated carbocycles. The molecule has 22 heteroatoms. The number of amides is 7. The third-order valence-electron chi connectivity index (χ3n) is 13.2. The molecule has 3 aromatic rings. The Morgan fingerprint density at radius 1 is 0.533 bits per heavy atom. The second-order valence-electron chi connectivity index (χ2n) is 18.9. The number of benzene rings is 3. The molecule has 402 valence electrons. The molecule has 5 rings (SSSR count). The average molecular weight is 1060 g/mol. The summed E-state index contributed by atoms with van der Waals surface area (Å²) in [5.41, 5.74) is 2.98. The predicted octanol–water partition coefficient (Wildman–Crippen LogP) is 1.70. The van der Waals surface area contributed by atoms with Gasteiger partial charge in [0.1, 0.15) is 36.3 Å². The fourth-order valence-electron chi connectivity index (χ4n) is 9.49. The number of rotatable bonds is 28. The van der Waals surface area contributed by atoms with Gasteiger partial charge in [-0.15, -0.1) is 0 Å². The van der Waals surface area contributed by atoms with Crippen LogP contribution in [0.1, 0.15) is 106 Å². The van der Waals surface area contributed by atoms with Gasteiger partial charge in [0.25, 0.3) is 5.91 Å². The van der Waals surface area contributed by atoms with E-state index in [0.29, 0.717) is 36.8 Å². The van der Waals surface area contributed by atoms with Gasteiger partial charge < -0.3 is 52.5 Å². The molecule has 0 aromatic heterocycles. The maximum absolute atomic E-state index is 15.0. The zero-order valence-electron chi connectivity index (χ0n) is 41.5. The number of carboxylic acids is 3. The van der Waals surface area contributed by atoms with Crippen LogP contribution in [-0.4, -0.2) is 128 Å². The van der Waals surface area contributed by atoms with E-state index in [1.807, 2.05) is 24.3 Å². The largest absolute Gasteiger partial charge is 0.481 e. The fraction of sp³-hybridized carbons (Fsp3) is 0.453. The Kier molecular flexibility index (Phi) is 22.3. The van der Waals surface area contributed by atoms with Gasteiger partial charge in [-0.25, -0.2) is 0 Å². The Bertz CT molecular complexity index is 2460. The maximum Gasteiger partial charge on any atom is 0.305 e. The third kappa shape index (κ3) is 18.1. The van der Waals surface area contributed by atoms with Crippen LogP contribution in [0.5, 0.6) is 0 Å². The van der Waals surface area contributed by atoms with Crippen LogP contribution in [0, 0.1) is 5.92 Å². The van der Waals surface area contributed by atoms with Crippen LogP contribution in [0.3, 0.4) is 0 Å². The van der Waals surface area contributed by atoms with E-state index in [4.69, 9.17) is 0 Å². The van der Waals surface area contributed by atoms with Gasteiger partial charge in [-0.1, -0.05) is 117 Å². The van der Waals surface area contributed by atoms with Crippen LogP contribution < -0.4 is 37.2 Å². The number of ketones is 1. The summed E-state index contributed by atoms with van der Waals surface area (Å²) in [6, 6.07) is 14.3. The van der Waals surface area contributed by atoms with Gasteiger partial charge in [-0.2, -0.15) is 12.6 Å². The van der Waals surface area contributed by atoms with Crippen molar-refractivity contribution < 1.29 is 68.1 Å². The SMILES string of the molecule is CC(=O)N[C@@H](CC(=O)O)C(=O)N[C@@H](CCC(=O)O)C(=O)N[C@H](C(=O)N[C@@H](CCC(=O)O)C(=O)N[C@@H](CC1CCCCC1)C(=O)N[C@@H](CS)C(=O)C(=O)NC1Cc2ccccc2C1)C(c1ccccc1)c1ccccc1. The van der Waals surface area contributed by atoms with Crippen molar-refractivity contribution in [2.45, 2.75) is 139 Å². The minimum atomic E-state index is -1.75. The summed E-state index contributed by atoms with van der Waals surface area (Å²) in [5, 5.41) is 46.6. The van der Waals surface area contributed by atoms with Crippen molar-refractivity contribution in [1.82, 2.24) is 37.2 Å².